The predicted molar refractivity (Wildman–Crippen MR) is 140 cm³/mol. The average molecular weight is 571 g/mol. The second-order valence-electron chi connectivity index (χ2n) is 9.41. The van der Waals surface area contributed by atoms with Crippen LogP contribution >= 0.6 is 43.2 Å². The normalized spacial score (nSPS) is 35.9. The van der Waals surface area contributed by atoms with Crippen LogP contribution in [0.3, 0.4) is 0 Å². The SMILES string of the molecule is CN1C(=O)[C@@]2(Cc3ccc(C[C@]45SS[C@](CO)(C(=O)N4C)N(C)C5=O)cc3)SS[C@]1(CO)C(=O)N2C. The van der Waals surface area contributed by atoms with Gasteiger partial charge in [-0.15, -0.1) is 0 Å². The second kappa shape index (κ2) is 8.46. The van der Waals surface area contributed by atoms with E-state index in [0.717, 1.165) is 11.1 Å². The maximum absolute atomic E-state index is 13.3. The van der Waals surface area contributed by atoms with Crippen LogP contribution in [-0.4, -0.2) is 114 Å². The molecule has 36 heavy (non-hydrogen) atoms. The fraction of sp³-hybridized carbons (Fsp3) is 0.545. The van der Waals surface area contributed by atoms with Gasteiger partial charge in [-0.25, -0.2) is 0 Å². The molecule has 4 atom stereocenters. The Bertz CT molecular complexity index is 1080. The molecule has 0 unspecified atom stereocenters. The van der Waals surface area contributed by atoms with Crippen LogP contribution in [0.4, 0.5) is 0 Å². The van der Waals surface area contributed by atoms with E-state index >= 15 is 0 Å². The summed E-state index contributed by atoms with van der Waals surface area (Å²) in [5.74, 6) is -1.07. The standard InChI is InChI=1S/C22H26N4O6S4/c1-23-17(31)21(11-27)25(3)15(29)19(23,33-35-21)9-13-5-7-14(8-6-13)10-20-16(30)26(4)22(12-28,36-34-20)18(32)24(20)2/h5-8,27-28H,9-12H2,1-4H3/t19-,20-,21-,22-/m1/s1. The zero-order valence-electron chi connectivity index (χ0n) is 20.1. The molecule has 6 heterocycles. The first-order valence-electron chi connectivity index (χ1n) is 11.1. The van der Waals surface area contributed by atoms with Crippen molar-refractivity contribution in [3.05, 3.63) is 35.4 Å². The molecule has 0 aliphatic carbocycles. The van der Waals surface area contributed by atoms with Gasteiger partial charge in [0.25, 0.3) is 23.6 Å². The van der Waals surface area contributed by atoms with Crippen molar-refractivity contribution in [2.24, 2.45) is 0 Å². The molecule has 1 aromatic rings. The van der Waals surface area contributed by atoms with Crippen LogP contribution in [0.25, 0.3) is 0 Å². The third-order valence-corrected chi connectivity index (χ3v) is 15.1. The molecule has 4 amide bonds. The maximum atomic E-state index is 13.3. The molecule has 7 rings (SSSR count). The largest absolute Gasteiger partial charge is 0.392 e. The molecule has 194 valence electrons. The van der Waals surface area contributed by atoms with Crippen molar-refractivity contribution in [1.82, 2.24) is 19.6 Å². The molecule has 0 aromatic heterocycles. The van der Waals surface area contributed by atoms with Crippen molar-refractivity contribution in [2.45, 2.75) is 32.3 Å². The summed E-state index contributed by atoms with van der Waals surface area (Å²) in [5, 5.41) is 19.8. The minimum Gasteiger partial charge on any atom is -0.392 e. The molecular weight excluding hydrogens is 545 g/mol. The average Bonchev–Trinajstić information content (AvgIpc) is 2.88. The van der Waals surface area contributed by atoms with Gasteiger partial charge in [-0.2, -0.15) is 0 Å². The molecule has 0 spiro atoms. The summed E-state index contributed by atoms with van der Waals surface area (Å²) in [7, 11) is 11.3. The van der Waals surface area contributed by atoms with E-state index in [1.54, 1.807) is 28.2 Å². The van der Waals surface area contributed by atoms with Gasteiger partial charge < -0.3 is 29.8 Å². The summed E-state index contributed by atoms with van der Waals surface area (Å²) >= 11 is 0. The second-order valence-corrected chi connectivity index (χ2v) is 14.8. The Balaban J connectivity index is 1.39. The van der Waals surface area contributed by atoms with E-state index in [2.05, 4.69) is 0 Å². The Morgan fingerprint density at radius 1 is 0.556 bits per heavy atom. The number of likely N-dealkylation sites (N-methyl/N-ethyl adjacent to an activating group) is 4. The zero-order valence-corrected chi connectivity index (χ0v) is 23.4. The first-order valence-corrected chi connectivity index (χ1v) is 15.4. The van der Waals surface area contributed by atoms with E-state index in [1.165, 1.54) is 62.8 Å². The van der Waals surface area contributed by atoms with Gasteiger partial charge in [0.05, 0.1) is 13.2 Å². The number of rotatable bonds is 6. The molecular formula is C22H26N4O6S4. The van der Waals surface area contributed by atoms with E-state index < -0.39 is 32.7 Å². The number of aliphatic hydroxyl groups is 2. The van der Waals surface area contributed by atoms with Gasteiger partial charge in [0.2, 0.25) is 9.74 Å². The number of piperazine rings is 2. The number of hydrogen-bond donors (Lipinski definition) is 2. The molecule has 2 N–H and O–H groups in total. The van der Waals surface area contributed by atoms with Crippen LogP contribution in [-0.2, 0) is 32.0 Å². The molecule has 6 saturated heterocycles. The van der Waals surface area contributed by atoms with Gasteiger partial charge >= 0.3 is 0 Å². The molecule has 1 aromatic carbocycles. The zero-order chi connectivity index (χ0) is 26.3. The van der Waals surface area contributed by atoms with Crippen molar-refractivity contribution < 1.29 is 29.4 Å². The molecule has 0 radical (unpaired) electrons. The van der Waals surface area contributed by atoms with Crippen molar-refractivity contribution >= 4 is 66.8 Å². The summed E-state index contributed by atoms with van der Waals surface area (Å²) in [4.78, 5) is 53.5. The lowest BCUT2D eigenvalue weighted by molar-refractivity contribution is -0.165. The van der Waals surface area contributed by atoms with Crippen LogP contribution in [0.2, 0.25) is 0 Å². The summed E-state index contributed by atoms with van der Waals surface area (Å²) in [5.41, 5.74) is 1.68. The van der Waals surface area contributed by atoms with Crippen LogP contribution in [0.1, 0.15) is 11.1 Å². The van der Waals surface area contributed by atoms with E-state index in [4.69, 9.17) is 0 Å². The predicted octanol–water partition coefficient (Wildman–Crippen LogP) is 0.192. The fourth-order valence-corrected chi connectivity index (χ4v) is 12.3. The van der Waals surface area contributed by atoms with Gasteiger partial charge in [-0.05, 0) is 32.7 Å². The summed E-state index contributed by atoms with van der Waals surface area (Å²) < 4.78 is 0. The number of aliphatic hydroxyl groups excluding tert-OH is 2. The Labute approximate surface area is 224 Å². The van der Waals surface area contributed by atoms with Gasteiger partial charge in [-0.1, -0.05) is 45.9 Å². The molecule has 14 heteroatoms. The number of carbonyl (C=O) groups is 4. The third-order valence-electron chi connectivity index (χ3n) is 7.70. The Morgan fingerprint density at radius 3 is 1.11 bits per heavy atom. The first-order chi connectivity index (χ1) is 17.0. The molecule has 10 nitrogen and oxygen atoms in total. The Kier molecular flexibility index (Phi) is 6.12. The highest BCUT2D eigenvalue weighted by Crippen LogP contribution is 2.60. The van der Waals surface area contributed by atoms with E-state index in [9.17, 15) is 29.4 Å². The van der Waals surface area contributed by atoms with E-state index in [0.29, 0.717) is 0 Å². The van der Waals surface area contributed by atoms with Crippen LogP contribution in [0, 0.1) is 0 Å². The lowest BCUT2D eigenvalue weighted by Crippen LogP contribution is -2.77. The number of amides is 4. The number of nitrogens with zero attached hydrogens (tertiary/aromatic N) is 4. The fourth-order valence-electron chi connectivity index (χ4n) is 5.10. The topological polar surface area (TPSA) is 122 Å². The van der Waals surface area contributed by atoms with Crippen LogP contribution in [0.5, 0.6) is 0 Å². The number of carbonyl (C=O) groups excluding carboxylic acids is 4. The summed E-state index contributed by atoms with van der Waals surface area (Å²) in [6, 6.07) is 7.49. The van der Waals surface area contributed by atoms with Crippen molar-refractivity contribution in [3.8, 4) is 0 Å². The van der Waals surface area contributed by atoms with Gasteiger partial charge in [0.15, 0.2) is 9.74 Å². The lowest BCUT2D eigenvalue weighted by atomic mass is 9.94. The van der Waals surface area contributed by atoms with Crippen LogP contribution < -0.4 is 0 Å². The number of benzene rings is 1. The van der Waals surface area contributed by atoms with Crippen molar-refractivity contribution in [3.63, 3.8) is 0 Å². The summed E-state index contributed by atoms with van der Waals surface area (Å²) in [6.07, 6.45) is 0.569. The minimum absolute atomic E-state index is 0.232. The first kappa shape index (κ1) is 26.0. The minimum atomic E-state index is -1.30. The highest BCUT2D eigenvalue weighted by Gasteiger charge is 2.68. The Morgan fingerprint density at radius 2 is 0.806 bits per heavy atom. The van der Waals surface area contributed by atoms with Crippen molar-refractivity contribution in [1.29, 1.82) is 0 Å². The van der Waals surface area contributed by atoms with E-state index in [-0.39, 0.29) is 36.5 Å². The quantitative estimate of drug-likeness (QED) is 0.459. The highest BCUT2D eigenvalue weighted by molar-refractivity contribution is 8.78. The van der Waals surface area contributed by atoms with E-state index in [1.807, 2.05) is 24.3 Å². The Hall–Kier alpha value is -1.58. The molecule has 0 saturated carbocycles. The van der Waals surface area contributed by atoms with Gasteiger partial charge in [0.1, 0.15) is 0 Å². The molecule has 6 aliphatic rings. The smallest absolute Gasteiger partial charge is 0.263 e. The highest BCUT2D eigenvalue weighted by atomic mass is 33.1. The monoisotopic (exact) mass is 570 g/mol. The maximum Gasteiger partial charge on any atom is 0.263 e. The number of hydrogen-bond acceptors (Lipinski definition) is 10. The number of fused-ring (bicyclic) bond motifs is 6. The lowest BCUT2D eigenvalue weighted by Gasteiger charge is -2.58. The molecule has 6 aliphatic heterocycles. The third kappa shape index (κ3) is 3.05. The van der Waals surface area contributed by atoms with Crippen molar-refractivity contribution in [2.75, 3.05) is 41.4 Å². The molecule has 6 fully saturated rings. The molecule has 4 bridgehead atoms. The summed E-state index contributed by atoms with van der Waals surface area (Å²) in [6.45, 7) is -0.910. The van der Waals surface area contributed by atoms with Gasteiger partial charge in [0, 0.05) is 41.0 Å². The van der Waals surface area contributed by atoms with Gasteiger partial charge in [-0.3, -0.25) is 19.2 Å². The van der Waals surface area contributed by atoms with Crippen LogP contribution in [0.15, 0.2) is 24.3 Å².